The summed E-state index contributed by atoms with van der Waals surface area (Å²) in [6.07, 6.45) is 1.62. The molecule has 0 saturated heterocycles. The Morgan fingerprint density at radius 2 is 1.65 bits per heavy atom. The van der Waals surface area contributed by atoms with Gasteiger partial charge in [0.25, 0.3) is 5.56 Å². The van der Waals surface area contributed by atoms with Crippen molar-refractivity contribution in [1.29, 1.82) is 0 Å². The molecule has 3 aromatic rings. The average molecular weight is 389 g/mol. The maximum Gasteiger partial charge on any atom is 0.273 e. The van der Waals surface area contributed by atoms with E-state index in [0.29, 0.717) is 15.9 Å². The molecule has 0 fully saturated rings. The van der Waals surface area contributed by atoms with Crippen molar-refractivity contribution in [2.45, 2.75) is 20.8 Å². The van der Waals surface area contributed by atoms with E-state index in [-0.39, 0.29) is 5.56 Å². The molecule has 2 heterocycles. The molecule has 0 aliphatic carbocycles. The molecule has 1 aromatic carbocycles. The Bertz CT molecular complexity index is 1060. The van der Waals surface area contributed by atoms with Crippen LogP contribution in [0.5, 0.6) is 0 Å². The van der Waals surface area contributed by atoms with Gasteiger partial charge in [0.2, 0.25) is 0 Å². The second-order valence-electron chi connectivity index (χ2n) is 6.14. The van der Waals surface area contributed by atoms with E-state index >= 15 is 0 Å². The monoisotopic (exact) mass is 388 g/mol. The summed E-state index contributed by atoms with van der Waals surface area (Å²) in [5.41, 5.74) is 10.1. The quantitative estimate of drug-likeness (QED) is 0.678. The van der Waals surface area contributed by atoms with E-state index in [1.54, 1.807) is 18.3 Å². The third kappa shape index (κ3) is 3.54. The third-order valence-electron chi connectivity index (χ3n) is 4.07. The molecule has 0 aliphatic heterocycles. The van der Waals surface area contributed by atoms with E-state index < -0.39 is 0 Å². The van der Waals surface area contributed by atoms with E-state index in [4.69, 9.17) is 28.9 Å². The number of pyridine rings is 1. The summed E-state index contributed by atoms with van der Waals surface area (Å²) in [6.45, 7) is 5.76. The van der Waals surface area contributed by atoms with Crippen LogP contribution in [0.15, 0.2) is 46.3 Å². The van der Waals surface area contributed by atoms with Crippen LogP contribution in [0.3, 0.4) is 0 Å². The van der Waals surface area contributed by atoms with Gasteiger partial charge < -0.3 is 10.3 Å². The van der Waals surface area contributed by atoms with Gasteiger partial charge in [-0.15, -0.1) is 0 Å². The maximum atomic E-state index is 12.1. The standard InChI is InChI=1S/C19H18Cl2N4O/c1-11-4-18(22)25(19(26)5-11)23-10-14-6-12(2)24(13(14)3)17-8-15(20)7-16(21)9-17/h4-10H,22H2,1-3H3/b23-10-. The van der Waals surface area contributed by atoms with Crippen LogP contribution < -0.4 is 11.3 Å². The molecule has 2 N–H and O–H groups in total. The van der Waals surface area contributed by atoms with Crippen molar-refractivity contribution in [1.82, 2.24) is 9.24 Å². The predicted octanol–water partition coefficient (Wildman–Crippen LogP) is 4.34. The lowest BCUT2D eigenvalue weighted by atomic mass is 10.2. The first kappa shape index (κ1) is 18.3. The van der Waals surface area contributed by atoms with Gasteiger partial charge >= 0.3 is 0 Å². The minimum Gasteiger partial charge on any atom is -0.384 e. The van der Waals surface area contributed by atoms with E-state index in [9.17, 15) is 4.79 Å². The summed E-state index contributed by atoms with van der Waals surface area (Å²) in [5.74, 6) is 0.293. The Hall–Kier alpha value is -2.50. The summed E-state index contributed by atoms with van der Waals surface area (Å²) < 4.78 is 3.20. The Labute approximate surface area is 161 Å². The maximum absolute atomic E-state index is 12.1. The van der Waals surface area contributed by atoms with Gasteiger partial charge in [0.05, 0.1) is 6.21 Å². The number of rotatable bonds is 3. The van der Waals surface area contributed by atoms with Crippen molar-refractivity contribution < 1.29 is 0 Å². The predicted molar refractivity (Wildman–Crippen MR) is 108 cm³/mol. The van der Waals surface area contributed by atoms with Gasteiger partial charge in [-0.3, -0.25) is 4.79 Å². The number of hydrogen-bond donors (Lipinski definition) is 1. The Morgan fingerprint density at radius 1 is 1.00 bits per heavy atom. The molecule has 0 saturated carbocycles. The summed E-state index contributed by atoms with van der Waals surface area (Å²) >= 11 is 12.2. The smallest absolute Gasteiger partial charge is 0.273 e. The molecule has 134 valence electrons. The largest absolute Gasteiger partial charge is 0.384 e. The number of aromatic nitrogens is 2. The fourth-order valence-electron chi connectivity index (χ4n) is 2.95. The molecule has 3 rings (SSSR count). The Morgan fingerprint density at radius 3 is 2.27 bits per heavy atom. The zero-order valence-electron chi connectivity index (χ0n) is 14.6. The Kier molecular flexibility index (Phi) is 4.94. The number of halogens is 2. The van der Waals surface area contributed by atoms with Crippen LogP contribution in [-0.4, -0.2) is 15.5 Å². The van der Waals surface area contributed by atoms with Crippen LogP contribution in [0, 0.1) is 20.8 Å². The summed E-state index contributed by atoms with van der Waals surface area (Å²) in [7, 11) is 0. The first-order valence-corrected chi connectivity index (χ1v) is 8.71. The highest BCUT2D eigenvalue weighted by atomic mass is 35.5. The fraction of sp³-hybridized carbons (Fsp3) is 0.158. The van der Waals surface area contributed by atoms with Crippen LogP contribution >= 0.6 is 23.2 Å². The molecule has 0 aliphatic rings. The molecule has 0 atom stereocenters. The molecule has 7 heteroatoms. The van der Waals surface area contributed by atoms with E-state index in [0.717, 1.165) is 28.2 Å². The highest BCUT2D eigenvalue weighted by Gasteiger charge is 2.11. The molecule has 5 nitrogen and oxygen atoms in total. The minimum atomic E-state index is -0.269. The fourth-order valence-corrected chi connectivity index (χ4v) is 3.46. The van der Waals surface area contributed by atoms with Crippen LogP contribution in [0.4, 0.5) is 5.82 Å². The van der Waals surface area contributed by atoms with Crippen molar-refractivity contribution in [2.75, 3.05) is 5.73 Å². The third-order valence-corrected chi connectivity index (χ3v) is 4.50. The van der Waals surface area contributed by atoms with Gasteiger partial charge in [0, 0.05) is 38.8 Å². The topological polar surface area (TPSA) is 65.3 Å². The van der Waals surface area contributed by atoms with Crippen molar-refractivity contribution >= 4 is 35.2 Å². The van der Waals surface area contributed by atoms with Gasteiger partial charge in [-0.25, -0.2) is 0 Å². The number of hydrogen-bond acceptors (Lipinski definition) is 3. The summed E-state index contributed by atoms with van der Waals surface area (Å²) in [5, 5.41) is 5.38. The van der Waals surface area contributed by atoms with Gasteiger partial charge in [-0.2, -0.15) is 9.78 Å². The first-order valence-electron chi connectivity index (χ1n) is 7.95. The van der Waals surface area contributed by atoms with Crippen LogP contribution in [-0.2, 0) is 0 Å². The SMILES string of the molecule is Cc1cc(N)n(/N=C\c2cc(C)n(-c3cc(Cl)cc(Cl)c3)c2C)c(=O)c1. The van der Waals surface area contributed by atoms with Gasteiger partial charge in [-0.1, -0.05) is 23.2 Å². The minimum absolute atomic E-state index is 0.269. The lowest BCUT2D eigenvalue weighted by Gasteiger charge is -2.10. The highest BCUT2D eigenvalue weighted by Crippen LogP contribution is 2.26. The molecule has 0 amide bonds. The second-order valence-corrected chi connectivity index (χ2v) is 7.01. The van der Waals surface area contributed by atoms with Crippen LogP contribution in [0.2, 0.25) is 10.0 Å². The number of nitrogens with two attached hydrogens (primary N) is 1. The second kappa shape index (κ2) is 7.02. The van der Waals surface area contributed by atoms with E-state index in [2.05, 4.69) is 5.10 Å². The number of nitrogen functional groups attached to an aromatic ring is 1. The first-order chi connectivity index (χ1) is 12.3. The lowest BCUT2D eigenvalue weighted by Crippen LogP contribution is -2.19. The van der Waals surface area contributed by atoms with Crippen molar-refractivity contribution in [3.05, 3.63) is 79.3 Å². The van der Waals surface area contributed by atoms with Crippen molar-refractivity contribution in [2.24, 2.45) is 5.10 Å². The average Bonchev–Trinajstić information content (AvgIpc) is 2.79. The lowest BCUT2D eigenvalue weighted by molar-refractivity contribution is 0.843. The van der Waals surface area contributed by atoms with E-state index in [1.807, 2.05) is 43.5 Å². The van der Waals surface area contributed by atoms with Gasteiger partial charge in [0.15, 0.2) is 0 Å². The molecule has 0 spiro atoms. The number of benzene rings is 1. The summed E-state index contributed by atoms with van der Waals surface area (Å²) in [4.78, 5) is 12.1. The number of anilines is 1. The highest BCUT2D eigenvalue weighted by molar-refractivity contribution is 6.34. The molecule has 0 unspecified atom stereocenters. The molecular formula is C19H18Cl2N4O. The van der Waals surface area contributed by atoms with E-state index in [1.165, 1.54) is 10.7 Å². The van der Waals surface area contributed by atoms with Crippen LogP contribution in [0.25, 0.3) is 5.69 Å². The zero-order valence-corrected chi connectivity index (χ0v) is 16.1. The Balaban J connectivity index is 2.05. The number of aryl methyl sites for hydroxylation is 2. The number of nitrogens with zero attached hydrogens (tertiary/aromatic N) is 3. The molecule has 2 aromatic heterocycles. The van der Waals surface area contributed by atoms with Crippen LogP contribution in [0.1, 0.15) is 22.5 Å². The van der Waals surface area contributed by atoms with Gasteiger partial charge in [-0.05, 0) is 56.7 Å². The molecule has 26 heavy (non-hydrogen) atoms. The normalized spacial score (nSPS) is 11.4. The van der Waals surface area contributed by atoms with Crippen molar-refractivity contribution in [3.63, 3.8) is 0 Å². The molecule has 0 radical (unpaired) electrons. The molecule has 0 bridgehead atoms. The van der Waals surface area contributed by atoms with Crippen molar-refractivity contribution in [3.8, 4) is 5.69 Å². The zero-order chi connectivity index (χ0) is 19.0. The summed E-state index contributed by atoms with van der Waals surface area (Å²) in [6, 6.07) is 10.5. The van der Waals surface area contributed by atoms with Gasteiger partial charge in [0.1, 0.15) is 5.82 Å². The molecular weight excluding hydrogens is 371 g/mol.